The highest BCUT2D eigenvalue weighted by Gasteiger charge is 2.09. The van der Waals surface area contributed by atoms with E-state index in [9.17, 15) is 4.79 Å². The molecule has 3 rings (SSSR count). The van der Waals surface area contributed by atoms with Crippen molar-refractivity contribution in [3.05, 3.63) is 51.6 Å². The highest BCUT2D eigenvalue weighted by Crippen LogP contribution is 2.31. The molecule has 0 amide bonds. The predicted octanol–water partition coefficient (Wildman–Crippen LogP) is 4.27. The van der Waals surface area contributed by atoms with Crippen LogP contribution in [0, 0.1) is 3.57 Å². The Balaban J connectivity index is 2.14. The van der Waals surface area contributed by atoms with Crippen LogP contribution < -0.4 is 0 Å². The number of hydrogen-bond acceptors (Lipinski definition) is 3. The molecule has 94 valence electrons. The van der Waals surface area contributed by atoms with Crippen molar-refractivity contribution in [2.45, 2.75) is 0 Å². The van der Waals surface area contributed by atoms with Crippen LogP contribution >= 0.6 is 33.9 Å². The number of fused-ring (bicyclic) bond motifs is 1. The first-order chi connectivity index (χ1) is 9.13. The Hall–Kier alpha value is -1.47. The molecule has 0 aliphatic carbocycles. The molecule has 0 radical (unpaired) electrons. The maximum atomic E-state index is 10.9. The van der Waals surface area contributed by atoms with Gasteiger partial charge in [-0.2, -0.15) is 0 Å². The molecule has 0 atom stereocenters. The highest BCUT2D eigenvalue weighted by atomic mass is 127. The number of rotatable bonds is 2. The zero-order valence-corrected chi connectivity index (χ0v) is 12.6. The summed E-state index contributed by atoms with van der Waals surface area (Å²) in [4.78, 5) is 15.5. The average molecular weight is 381 g/mol. The first kappa shape index (κ1) is 12.6. The Morgan fingerprint density at radius 2 is 2.05 bits per heavy atom. The van der Waals surface area contributed by atoms with E-state index >= 15 is 0 Å². The molecule has 0 saturated carbocycles. The van der Waals surface area contributed by atoms with Gasteiger partial charge in [0.15, 0.2) is 0 Å². The van der Waals surface area contributed by atoms with Gasteiger partial charge in [0, 0.05) is 9.13 Å². The number of carboxylic acid groups (broad SMARTS) is 1. The van der Waals surface area contributed by atoms with E-state index in [4.69, 9.17) is 5.11 Å². The van der Waals surface area contributed by atoms with E-state index in [2.05, 4.69) is 33.6 Å². The Labute approximate surface area is 127 Å². The van der Waals surface area contributed by atoms with Crippen LogP contribution in [0.25, 0.3) is 20.8 Å². The molecule has 2 aromatic carbocycles. The minimum atomic E-state index is -0.911. The fraction of sp³-hybridized carbons (Fsp3) is 0. The molecule has 0 saturated heterocycles. The predicted molar refractivity (Wildman–Crippen MR) is 84.7 cm³/mol. The molecule has 0 unspecified atom stereocenters. The van der Waals surface area contributed by atoms with E-state index in [0.29, 0.717) is 5.56 Å². The second kappa shape index (κ2) is 4.90. The minimum absolute atomic E-state index is 0.297. The number of benzene rings is 2. The van der Waals surface area contributed by atoms with Crippen LogP contribution in [-0.2, 0) is 0 Å². The van der Waals surface area contributed by atoms with Gasteiger partial charge in [-0.1, -0.05) is 12.1 Å². The van der Waals surface area contributed by atoms with Crippen molar-refractivity contribution < 1.29 is 9.90 Å². The normalized spacial score (nSPS) is 10.8. The maximum Gasteiger partial charge on any atom is 0.335 e. The van der Waals surface area contributed by atoms with Crippen molar-refractivity contribution in [3.8, 4) is 10.6 Å². The summed E-state index contributed by atoms with van der Waals surface area (Å²) < 4.78 is 2.05. The molecule has 1 N–H and O–H groups in total. The Morgan fingerprint density at radius 3 is 2.79 bits per heavy atom. The summed E-state index contributed by atoms with van der Waals surface area (Å²) in [5.41, 5.74) is 2.19. The molecule has 19 heavy (non-hydrogen) atoms. The highest BCUT2D eigenvalue weighted by molar-refractivity contribution is 14.1. The van der Waals surface area contributed by atoms with Gasteiger partial charge in [-0.15, -0.1) is 11.3 Å². The van der Waals surface area contributed by atoms with Crippen molar-refractivity contribution in [2.24, 2.45) is 0 Å². The quantitative estimate of drug-likeness (QED) is 0.675. The SMILES string of the molecule is O=C(O)c1ccc2nc(-c3cccc(I)c3)sc2c1. The molecular formula is C14H8INO2S. The largest absolute Gasteiger partial charge is 0.478 e. The molecule has 5 heteroatoms. The van der Waals surface area contributed by atoms with Gasteiger partial charge in [-0.25, -0.2) is 9.78 Å². The van der Waals surface area contributed by atoms with E-state index in [1.165, 1.54) is 11.3 Å². The van der Waals surface area contributed by atoms with Crippen molar-refractivity contribution >= 4 is 50.1 Å². The fourth-order valence-corrected chi connectivity index (χ4v) is 3.35. The lowest BCUT2D eigenvalue weighted by atomic mass is 10.2. The van der Waals surface area contributed by atoms with Crippen molar-refractivity contribution in [2.75, 3.05) is 0 Å². The fourth-order valence-electron chi connectivity index (χ4n) is 1.80. The van der Waals surface area contributed by atoms with Crippen molar-refractivity contribution in [1.29, 1.82) is 0 Å². The first-order valence-electron chi connectivity index (χ1n) is 5.53. The summed E-state index contributed by atoms with van der Waals surface area (Å²) >= 11 is 3.78. The van der Waals surface area contributed by atoms with Crippen molar-refractivity contribution in [1.82, 2.24) is 4.98 Å². The second-order valence-electron chi connectivity index (χ2n) is 4.02. The number of nitrogens with zero attached hydrogens (tertiary/aromatic N) is 1. The second-order valence-corrected chi connectivity index (χ2v) is 6.29. The molecule has 0 aliphatic heterocycles. The molecule has 0 aliphatic rings. The Bertz CT molecular complexity index is 782. The van der Waals surface area contributed by atoms with Gasteiger partial charge in [0.05, 0.1) is 15.8 Å². The zero-order valence-electron chi connectivity index (χ0n) is 9.63. The van der Waals surface area contributed by atoms with Gasteiger partial charge >= 0.3 is 5.97 Å². The summed E-state index contributed by atoms with van der Waals surface area (Å²) in [6.45, 7) is 0. The lowest BCUT2D eigenvalue weighted by Gasteiger charge is -1.95. The van der Waals surface area contributed by atoms with Gasteiger partial charge in [0.2, 0.25) is 0 Å². The van der Waals surface area contributed by atoms with Gasteiger partial charge in [-0.3, -0.25) is 0 Å². The molecule has 0 bridgehead atoms. The number of hydrogen-bond donors (Lipinski definition) is 1. The maximum absolute atomic E-state index is 10.9. The monoisotopic (exact) mass is 381 g/mol. The number of aromatic carboxylic acids is 1. The third kappa shape index (κ3) is 2.48. The van der Waals surface area contributed by atoms with Crippen LogP contribution in [0.2, 0.25) is 0 Å². The molecular weight excluding hydrogens is 373 g/mol. The molecule has 1 aromatic heterocycles. The number of thiazole rings is 1. The van der Waals surface area contributed by atoms with Crippen LogP contribution in [0.4, 0.5) is 0 Å². The van der Waals surface area contributed by atoms with Gasteiger partial charge in [0.1, 0.15) is 5.01 Å². The van der Waals surface area contributed by atoms with Crippen LogP contribution in [0.5, 0.6) is 0 Å². The van der Waals surface area contributed by atoms with Crippen LogP contribution in [0.15, 0.2) is 42.5 Å². The molecule has 0 spiro atoms. The number of carbonyl (C=O) groups is 1. The third-order valence-electron chi connectivity index (χ3n) is 2.71. The lowest BCUT2D eigenvalue weighted by Crippen LogP contribution is -1.94. The summed E-state index contributed by atoms with van der Waals surface area (Å²) in [7, 11) is 0. The standard InChI is InChI=1S/C14H8INO2S/c15-10-3-1-2-8(6-10)13-16-11-5-4-9(14(17)18)7-12(11)19-13/h1-7H,(H,17,18). The third-order valence-corrected chi connectivity index (χ3v) is 4.45. The average Bonchev–Trinajstić information content (AvgIpc) is 2.81. The lowest BCUT2D eigenvalue weighted by molar-refractivity contribution is 0.0697. The summed E-state index contributed by atoms with van der Waals surface area (Å²) in [5, 5.41) is 9.90. The Morgan fingerprint density at radius 1 is 1.21 bits per heavy atom. The van der Waals surface area contributed by atoms with E-state index in [-0.39, 0.29) is 0 Å². The summed E-state index contributed by atoms with van der Waals surface area (Å²) in [6.07, 6.45) is 0. The zero-order chi connectivity index (χ0) is 13.4. The Kier molecular flexibility index (Phi) is 3.24. The minimum Gasteiger partial charge on any atom is -0.478 e. The molecule has 3 nitrogen and oxygen atoms in total. The molecule has 1 heterocycles. The first-order valence-corrected chi connectivity index (χ1v) is 7.43. The van der Waals surface area contributed by atoms with Gasteiger partial charge in [0.25, 0.3) is 0 Å². The molecule has 0 fully saturated rings. The van der Waals surface area contributed by atoms with Gasteiger partial charge in [-0.05, 0) is 52.9 Å². The van der Waals surface area contributed by atoms with E-state index in [1.807, 2.05) is 18.2 Å². The number of carboxylic acids is 1. The summed E-state index contributed by atoms with van der Waals surface area (Å²) in [6, 6.07) is 13.1. The van der Waals surface area contributed by atoms with E-state index in [1.54, 1.807) is 18.2 Å². The van der Waals surface area contributed by atoms with E-state index in [0.717, 1.165) is 24.4 Å². The van der Waals surface area contributed by atoms with Crippen molar-refractivity contribution in [3.63, 3.8) is 0 Å². The summed E-state index contributed by atoms with van der Waals surface area (Å²) in [5.74, 6) is -0.911. The number of halogens is 1. The number of aromatic nitrogens is 1. The smallest absolute Gasteiger partial charge is 0.335 e. The van der Waals surface area contributed by atoms with E-state index < -0.39 is 5.97 Å². The topological polar surface area (TPSA) is 50.2 Å². The van der Waals surface area contributed by atoms with Crippen LogP contribution in [-0.4, -0.2) is 16.1 Å². The molecule has 3 aromatic rings. The van der Waals surface area contributed by atoms with Crippen LogP contribution in [0.1, 0.15) is 10.4 Å². The van der Waals surface area contributed by atoms with Gasteiger partial charge < -0.3 is 5.11 Å². The van der Waals surface area contributed by atoms with Crippen LogP contribution in [0.3, 0.4) is 0 Å².